The molecule has 0 aliphatic carbocycles. The van der Waals surface area contributed by atoms with Crippen LogP contribution in [0.5, 0.6) is 5.75 Å². The van der Waals surface area contributed by atoms with Gasteiger partial charge in [-0.3, -0.25) is 14.8 Å². The van der Waals surface area contributed by atoms with Crippen LogP contribution in [0.4, 0.5) is 15.9 Å². The van der Waals surface area contributed by atoms with Crippen molar-refractivity contribution < 1.29 is 23.3 Å². The van der Waals surface area contributed by atoms with E-state index in [-0.39, 0.29) is 42.5 Å². The molecule has 0 bridgehead atoms. The van der Waals surface area contributed by atoms with Crippen LogP contribution < -0.4 is 10.1 Å². The molecular formula is C32H29FN9O4+. The highest BCUT2D eigenvalue weighted by molar-refractivity contribution is 6.02. The van der Waals surface area contributed by atoms with Gasteiger partial charge in [-0.15, -0.1) is 0 Å². The highest BCUT2D eigenvalue weighted by atomic mass is 19.1. The first-order chi connectivity index (χ1) is 22.1. The number of halogens is 1. The summed E-state index contributed by atoms with van der Waals surface area (Å²) >= 11 is 0. The Balaban J connectivity index is 1.21. The quantitative estimate of drug-likeness (QED) is 0.0971. The third-order valence-electron chi connectivity index (χ3n) is 6.99. The Kier molecular flexibility index (Phi) is 9.44. The fraction of sp³-hybridized carbons (Fsp3) is 0.219. The van der Waals surface area contributed by atoms with Gasteiger partial charge in [0.05, 0.1) is 56.5 Å². The number of fused-ring (bicyclic) bond motifs is 1. The minimum absolute atomic E-state index is 0.0150. The molecule has 232 valence electrons. The summed E-state index contributed by atoms with van der Waals surface area (Å²) in [7, 11) is 3.75. The van der Waals surface area contributed by atoms with Crippen molar-refractivity contribution in [3.63, 3.8) is 0 Å². The Bertz CT molecular complexity index is 1940. The number of nitriles is 1. The molecule has 4 aromatic rings. The molecule has 14 heteroatoms. The van der Waals surface area contributed by atoms with E-state index in [0.717, 1.165) is 0 Å². The molecule has 1 aliphatic heterocycles. The summed E-state index contributed by atoms with van der Waals surface area (Å²) in [5.41, 5.74) is 2.74. The molecule has 0 amide bonds. The van der Waals surface area contributed by atoms with Crippen molar-refractivity contribution in [2.24, 2.45) is 4.99 Å². The molecule has 1 aromatic carbocycles. The van der Waals surface area contributed by atoms with Crippen molar-refractivity contribution in [3.8, 4) is 11.8 Å². The zero-order chi connectivity index (χ0) is 32.7. The number of hydrogen-bond acceptors (Lipinski definition) is 11. The number of hydrogen-bond donors (Lipinski definition) is 1. The molecule has 0 saturated heterocycles. The van der Waals surface area contributed by atoms with Gasteiger partial charge in [0.15, 0.2) is 17.3 Å². The van der Waals surface area contributed by atoms with Crippen molar-refractivity contribution in [3.05, 3.63) is 112 Å². The molecular weight excluding hydrogens is 593 g/mol. The van der Waals surface area contributed by atoms with Gasteiger partial charge in [-0.25, -0.2) is 14.4 Å². The third kappa shape index (κ3) is 7.96. The fourth-order valence-corrected chi connectivity index (χ4v) is 4.84. The van der Waals surface area contributed by atoms with E-state index in [0.29, 0.717) is 56.9 Å². The highest BCUT2D eigenvalue weighted by Gasteiger charge is 2.33. The molecule has 0 spiro atoms. The van der Waals surface area contributed by atoms with Gasteiger partial charge in [-0.2, -0.15) is 5.26 Å². The second-order valence-corrected chi connectivity index (χ2v) is 11.1. The maximum absolute atomic E-state index is 14.8. The van der Waals surface area contributed by atoms with Gasteiger partial charge in [0.25, 0.3) is 0 Å². The Morgan fingerprint density at radius 2 is 2.02 bits per heavy atom. The summed E-state index contributed by atoms with van der Waals surface area (Å²) in [5.74, 6) is -0.531. The Morgan fingerprint density at radius 1 is 1.17 bits per heavy atom. The number of pyridine rings is 2. The van der Waals surface area contributed by atoms with E-state index in [2.05, 4.69) is 30.2 Å². The van der Waals surface area contributed by atoms with Gasteiger partial charge in [-0.1, -0.05) is 6.07 Å². The van der Waals surface area contributed by atoms with E-state index in [9.17, 15) is 19.3 Å². The standard InChI is InChI=1S/C32H29FN9O4/c1-42(2,18-21-12-25(16-34)40-32(21)41(44)45)11-5-7-26(43)13-24-14-27-29(17-36-24)37-20-38-31(27)39-22-8-9-30(28(33)15-22)46-19-23-6-3-4-10-35-23/h3-10,14-15,17,20H,11-13,18-19H2,1-2H3,(H,37,38,39)/q+1/b7-5+. The van der Waals surface area contributed by atoms with Crippen LogP contribution in [0.25, 0.3) is 10.9 Å². The summed E-state index contributed by atoms with van der Waals surface area (Å²) in [6.45, 7) is 0.847. The number of ketones is 1. The average Bonchev–Trinajstić information content (AvgIpc) is 3.44. The van der Waals surface area contributed by atoms with Gasteiger partial charge in [0, 0.05) is 29.0 Å². The fourth-order valence-electron chi connectivity index (χ4n) is 4.84. The number of ether oxygens (including phenoxy) is 1. The van der Waals surface area contributed by atoms with Gasteiger partial charge in [-0.05, 0) is 52.4 Å². The predicted octanol–water partition coefficient (Wildman–Crippen LogP) is 4.48. The minimum Gasteiger partial charge on any atom is -0.484 e. The zero-order valence-corrected chi connectivity index (χ0v) is 25.1. The van der Waals surface area contributed by atoms with Crippen molar-refractivity contribution in [1.82, 2.24) is 19.9 Å². The lowest BCUT2D eigenvalue weighted by Crippen LogP contribution is -2.41. The van der Waals surface area contributed by atoms with E-state index in [4.69, 9.17) is 10.00 Å². The van der Waals surface area contributed by atoms with Crippen molar-refractivity contribution in [1.29, 1.82) is 5.26 Å². The van der Waals surface area contributed by atoms with Crippen LogP contribution in [0.3, 0.4) is 0 Å². The largest absolute Gasteiger partial charge is 0.484 e. The summed E-state index contributed by atoms with van der Waals surface area (Å²) < 4.78 is 20.7. The van der Waals surface area contributed by atoms with Gasteiger partial charge in [0.2, 0.25) is 5.71 Å². The first-order valence-corrected chi connectivity index (χ1v) is 14.1. The number of nitrogens with one attached hydrogen (secondary N) is 1. The van der Waals surface area contributed by atoms with E-state index in [1.807, 2.05) is 26.2 Å². The monoisotopic (exact) mass is 622 g/mol. The number of aliphatic imine (C=N–C) groups is 1. The summed E-state index contributed by atoms with van der Waals surface area (Å²) in [6, 6.07) is 13.5. The van der Waals surface area contributed by atoms with Crippen molar-refractivity contribution >= 4 is 33.9 Å². The number of carbonyl (C=O) groups excluding carboxylic acids is 1. The Hall–Kier alpha value is -5.94. The van der Waals surface area contributed by atoms with Crippen molar-refractivity contribution in [2.75, 3.05) is 32.5 Å². The van der Waals surface area contributed by atoms with Gasteiger partial charge < -0.3 is 24.7 Å². The Morgan fingerprint density at radius 3 is 2.76 bits per heavy atom. The third-order valence-corrected chi connectivity index (χ3v) is 6.99. The van der Waals surface area contributed by atoms with Crippen LogP contribution in [-0.4, -0.2) is 68.0 Å². The second-order valence-electron chi connectivity index (χ2n) is 11.1. The van der Waals surface area contributed by atoms with E-state index < -0.39 is 10.7 Å². The lowest BCUT2D eigenvalue weighted by Gasteiger charge is -2.28. The maximum Gasteiger partial charge on any atom is 0.369 e. The molecule has 0 fully saturated rings. The maximum atomic E-state index is 14.8. The number of anilines is 2. The second kappa shape index (κ2) is 13.8. The molecule has 3 aromatic heterocycles. The summed E-state index contributed by atoms with van der Waals surface area (Å²) in [4.78, 5) is 44.5. The van der Waals surface area contributed by atoms with Crippen molar-refractivity contribution in [2.45, 2.75) is 19.4 Å². The number of nitro groups is 1. The number of quaternary nitrogens is 1. The number of aromatic nitrogens is 4. The number of nitrogens with zero attached hydrogens (tertiary/aromatic N) is 8. The van der Waals surface area contributed by atoms with Crippen LogP contribution >= 0.6 is 0 Å². The number of benzene rings is 1. The molecule has 1 aliphatic rings. The molecule has 0 saturated carbocycles. The number of allylic oxidation sites excluding steroid dienone is 1. The highest BCUT2D eigenvalue weighted by Crippen LogP contribution is 2.27. The molecule has 0 atom stereocenters. The van der Waals surface area contributed by atoms with Crippen LogP contribution in [0.2, 0.25) is 0 Å². The lowest BCUT2D eigenvalue weighted by molar-refractivity contribution is -0.880. The number of carbonyl (C=O) groups is 1. The van der Waals surface area contributed by atoms with Crippen LogP contribution in [0.15, 0.2) is 89.7 Å². The smallest absolute Gasteiger partial charge is 0.369 e. The lowest BCUT2D eigenvalue weighted by atomic mass is 10.1. The van der Waals surface area contributed by atoms with E-state index in [1.165, 1.54) is 24.5 Å². The first kappa shape index (κ1) is 31.5. The molecule has 46 heavy (non-hydrogen) atoms. The molecule has 4 heterocycles. The zero-order valence-electron chi connectivity index (χ0n) is 25.1. The molecule has 1 N–H and O–H groups in total. The van der Waals surface area contributed by atoms with E-state index >= 15 is 0 Å². The van der Waals surface area contributed by atoms with E-state index in [1.54, 1.807) is 42.7 Å². The topological polar surface area (TPSA) is 169 Å². The normalized spacial score (nSPS) is 13.1. The van der Waals surface area contributed by atoms with Crippen LogP contribution in [0.1, 0.15) is 17.8 Å². The molecule has 0 unspecified atom stereocenters. The predicted molar refractivity (Wildman–Crippen MR) is 167 cm³/mol. The summed E-state index contributed by atoms with van der Waals surface area (Å²) in [5, 5.41) is 24.1. The van der Waals surface area contributed by atoms with Crippen LogP contribution in [0, 0.1) is 27.3 Å². The van der Waals surface area contributed by atoms with Gasteiger partial charge >= 0.3 is 5.82 Å². The first-order valence-electron chi connectivity index (χ1n) is 14.1. The van der Waals surface area contributed by atoms with Crippen LogP contribution in [-0.2, 0) is 17.8 Å². The minimum atomic E-state index is -0.573. The number of likely N-dealkylation sites (N-methyl/N-ethyl adjacent to an activating group) is 1. The SMILES string of the molecule is C[N+](C)(C/C=C/C(=O)Cc1cc2c(Nc3ccc(OCc4ccccn4)c(F)c3)ncnc2cn1)CC1=C([N+](=O)[O-])N=C(C#N)C1. The molecule has 0 radical (unpaired) electrons. The molecule has 5 rings (SSSR count). The van der Waals surface area contributed by atoms with Gasteiger partial charge in [0.1, 0.15) is 31.4 Å². The average molecular weight is 623 g/mol. The Labute approximate surface area is 263 Å². The molecule has 13 nitrogen and oxygen atoms in total. The number of rotatable bonds is 13. The summed E-state index contributed by atoms with van der Waals surface area (Å²) in [6.07, 6.45) is 7.88.